The first-order chi connectivity index (χ1) is 17.0. The van der Waals surface area contributed by atoms with Crippen molar-refractivity contribution in [2.75, 3.05) is 37.5 Å². The van der Waals surface area contributed by atoms with E-state index in [0.29, 0.717) is 16.3 Å². The van der Waals surface area contributed by atoms with Crippen LogP contribution in [0.1, 0.15) is 11.1 Å². The molecule has 0 heterocycles. The van der Waals surface area contributed by atoms with Gasteiger partial charge in [-0.25, -0.2) is 8.42 Å². The van der Waals surface area contributed by atoms with Gasteiger partial charge >= 0.3 is 0 Å². The highest BCUT2D eigenvalue weighted by molar-refractivity contribution is 7.93. The normalized spacial score (nSPS) is 11.1. The van der Waals surface area contributed by atoms with Gasteiger partial charge in [0.25, 0.3) is 10.0 Å². The molecule has 192 valence electrons. The fourth-order valence-electron chi connectivity index (χ4n) is 3.43. The van der Waals surface area contributed by atoms with Gasteiger partial charge in [0.1, 0.15) is 28.7 Å². The first-order valence-electron chi connectivity index (χ1n) is 10.7. The van der Waals surface area contributed by atoms with Crippen molar-refractivity contribution in [1.82, 2.24) is 0 Å². The second-order valence-corrected chi connectivity index (χ2v) is 10.5. The van der Waals surface area contributed by atoms with Crippen LogP contribution in [0.2, 0.25) is 10.0 Å². The SMILES string of the molecule is COc1cc(NC(=O)CN(c2ccc(C)c(Cl)c2)S(=O)(=O)c2cc(C)ccc2OC)c(OC)cc1Cl. The van der Waals surface area contributed by atoms with Gasteiger partial charge in [0.2, 0.25) is 5.91 Å². The maximum absolute atomic E-state index is 13.9. The van der Waals surface area contributed by atoms with Crippen molar-refractivity contribution in [2.24, 2.45) is 0 Å². The number of nitrogens with zero attached hydrogens (tertiary/aromatic N) is 1. The van der Waals surface area contributed by atoms with E-state index in [4.69, 9.17) is 37.4 Å². The van der Waals surface area contributed by atoms with E-state index in [1.54, 1.807) is 38.1 Å². The zero-order valence-corrected chi connectivity index (χ0v) is 22.7. The summed E-state index contributed by atoms with van der Waals surface area (Å²) >= 11 is 12.5. The lowest BCUT2D eigenvalue weighted by atomic mass is 10.2. The van der Waals surface area contributed by atoms with Gasteiger partial charge in [-0.15, -0.1) is 0 Å². The summed E-state index contributed by atoms with van der Waals surface area (Å²) in [4.78, 5) is 13.1. The number of hydrogen-bond donors (Lipinski definition) is 1. The maximum Gasteiger partial charge on any atom is 0.268 e. The first kappa shape index (κ1) is 27.4. The lowest BCUT2D eigenvalue weighted by molar-refractivity contribution is -0.114. The molecule has 1 N–H and O–H groups in total. The average molecular weight is 553 g/mol. The average Bonchev–Trinajstić information content (AvgIpc) is 2.85. The van der Waals surface area contributed by atoms with Crippen LogP contribution in [-0.2, 0) is 14.8 Å². The Labute approximate surface area is 220 Å². The number of hydrogen-bond acceptors (Lipinski definition) is 6. The zero-order chi connectivity index (χ0) is 26.6. The van der Waals surface area contributed by atoms with Crippen LogP contribution in [0.3, 0.4) is 0 Å². The highest BCUT2D eigenvalue weighted by atomic mass is 35.5. The van der Waals surface area contributed by atoms with Gasteiger partial charge in [0.15, 0.2) is 0 Å². The van der Waals surface area contributed by atoms with Crippen molar-refractivity contribution >= 4 is 50.5 Å². The van der Waals surface area contributed by atoms with E-state index < -0.39 is 22.5 Å². The van der Waals surface area contributed by atoms with Gasteiger partial charge in [-0.2, -0.15) is 0 Å². The van der Waals surface area contributed by atoms with Crippen molar-refractivity contribution in [1.29, 1.82) is 0 Å². The highest BCUT2D eigenvalue weighted by Gasteiger charge is 2.31. The lowest BCUT2D eigenvalue weighted by Crippen LogP contribution is -2.38. The van der Waals surface area contributed by atoms with Crippen molar-refractivity contribution in [3.05, 3.63) is 69.7 Å². The van der Waals surface area contributed by atoms with Crippen LogP contribution < -0.4 is 23.8 Å². The largest absolute Gasteiger partial charge is 0.495 e. The monoisotopic (exact) mass is 552 g/mol. The summed E-state index contributed by atoms with van der Waals surface area (Å²) in [5.74, 6) is 0.104. The molecule has 0 fully saturated rings. The number of nitrogens with one attached hydrogen (secondary N) is 1. The second-order valence-electron chi connectivity index (χ2n) is 7.83. The summed E-state index contributed by atoms with van der Waals surface area (Å²) in [6.07, 6.45) is 0. The number of anilines is 2. The fraction of sp³-hybridized carbons (Fsp3) is 0.240. The molecule has 0 bridgehead atoms. The molecule has 0 aliphatic rings. The molecule has 0 aromatic heterocycles. The number of benzene rings is 3. The summed E-state index contributed by atoms with van der Waals surface area (Å²) in [6, 6.07) is 12.5. The van der Waals surface area contributed by atoms with Gasteiger partial charge in [-0.3, -0.25) is 9.10 Å². The number of ether oxygens (including phenoxy) is 3. The van der Waals surface area contributed by atoms with Crippen LogP contribution in [0.5, 0.6) is 17.2 Å². The molecule has 0 atom stereocenters. The minimum absolute atomic E-state index is 0.0831. The molecule has 0 unspecified atom stereocenters. The first-order valence-corrected chi connectivity index (χ1v) is 12.9. The molecule has 0 aliphatic heterocycles. The van der Waals surface area contributed by atoms with E-state index >= 15 is 0 Å². The molecule has 3 aromatic carbocycles. The zero-order valence-electron chi connectivity index (χ0n) is 20.4. The van der Waals surface area contributed by atoms with Crippen LogP contribution in [-0.4, -0.2) is 42.2 Å². The van der Waals surface area contributed by atoms with E-state index in [1.807, 2.05) is 0 Å². The number of methoxy groups -OCH3 is 3. The number of rotatable bonds is 9. The summed E-state index contributed by atoms with van der Waals surface area (Å²) in [5, 5.41) is 3.32. The van der Waals surface area contributed by atoms with Gasteiger partial charge < -0.3 is 19.5 Å². The van der Waals surface area contributed by atoms with Crippen LogP contribution >= 0.6 is 23.2 Å². The number of aryl methyl sites for hydroxylation is 2. The second kappa shape index (κ2) is 11.3. The Morgan fingerprint density at radius 2 is 1.53 bits per heavy atom. The van der Waals surface area contributed by atoms with Crippen LogP contribution in [0.25, 0.3) is 0 Å². The molecule has 1 amide bonds. The Balaban J connectivity index is 2.07. The number of halogens is 2. The molecule has 0 saturated heterocycles. The van der Waals surface area contributed by atoms with E-state index in [2.05, 4.69) is 5.32 Å². The van der Waals surface area contributed by atoms with Crippen LogP contribution in [0.4, 0.5) is 11.4 Å². The topological polar surface area (TPSA) is 94.2 Å². The fourth-order valence-corrected chi connectivity index (χ4v) is 5.50. The molecule has 0 aliphatic carbocycles. The summed E-state index contributed by atoms with van der Waals surface area (Å²) in [5.41, 5.74) is 1.94. The molecule has 3 aromatic rings. The minimum Gasteiger partial charge on any atom is -0.495 e. The third-order valence-electron chi connectivity index (χ3n) is 5.37. The van der Waals surface area contributed by atoms with E-state index in [9.17, 15) is 13.2 Å². The van der Waals surface area contributed by atoms with Gasteiger partial charge in [0.05, 0.1) is 37.7 Å². The third-order valence-corrected chi connectivity index (χ3v) is 7.86. The van der Waals surface area contributed by atoms with E-state index in [1.165, 1.54) is 45.6 Å². The Bertz CT molecular complexity index is 1400. The number of carbonyl (C=O) groups excluding carboxylic acids is 1. The Kier molecular flexibility index (Phi) is 8.60. The highest BCUT2D eigenvalue weighted by Crippen LogP contribution is 2.36. The standard InChI is InChI=1S/C25H26Cl2N2O6S/c1-15-6-9-21(33-3)24(10-15)36(31,32)29(17-8-7-16(2)18(26)11-17)14-25(30)28-20-13-22(34-4)19(27)12-23(20)35-5/h6-13H,14H2,1-5H3,(H,28,30). The van der Waals surface area contributed by atoms with Gasteiger partial charge in [0, 0.05) is 17.2 Å². The molecule has 3 rings (SSSR count). The lowest BCUT2D eigenvalue weighted by Gasteiger charge is -2.26. The van der Waals surface area contributed by atoms with Crippen molar-refractivity contribution in [3.63, 3.8) is 0 Å². The third kappa shape index (κ3) is 5.80. The van der Waals surface area contributed by atoms with Crippen LogP contribution in [0, 0.1) is 13.8 Å². The summed E-state index contributed by atoms with van der Waals surface area (Å²) in [6.45, 7) is 2.99. The molecule has 11 heteroatoms. The summed E-state index contributed by atoms with van der Waals surface area (Å²) in [7, 11) is -0.0271. The quantitative estimate of drug-likeness (QED) is 0.378. The molecule has 0 saturated carbocycles. The Morgan fingerprint density at radius 1 is 0.861 bits per heavy atom. The predicted molar refractivity (Wildman–Crippen MR) is 142 cm³/mol. The smallest absolute Gasteiger partial charge is 0.268 e. The molecule has 36 heavy (non-hydrogen) atoms. The summed E-state index contributed by atoms with van der Waals surface area (Å²) < 4.78 is 44.6. The molecular weight excluding hydrogens is 527 g/mol. The van der Waals surface area contributed by atoms with Crippen molar-refractivity contribution < 1.29 is 27.4 Å². The van der Waals surface area contributed by atoms with Gasteiger partial charge in [-0.05, 0) is 49.2 Å². The number of sulfonamides is 1. The molecule has 8 nitrogen and oxygen atoms in total. The number of amides is 1. The van der Waals surface area contributed by atoms with Gasteiger partial charge in [-0.1, -0.05) is 35.3 Å². The minimum atomic E-state index is -4.26. The predicted octanol–water partition coefficient (Wildman–Crippen LogP) is 5.47. The Morgan fingerprint density at radius 3 is 2.14 bits per heavy atom. The van der Waals surface area contributed by atoms with Crippen molar-refractivity contribution in [3.8, 4) is 17.2 Å². The maximum atomic E-state index is 13.9. The Hall–Kier alpha value is -3.14. The van der Waals surface area contributed by atoms with E-state index in [-0.39, 0.29) is 32.8 Å². The van der Waals surface area contributed by atoms with Crippen LogP contribution in [0.15, 0.2) is 53.4 Å². The van der Waals surface area contributed by atoms with Crippen molar-refractivity contribution in [2.45, 2.75) is 18.7 Å². The van der Waals surface area contributed by atoms with E-state index in [0.717, 1.165) is 9.87 Å². The molecule has 0 radical (unpaired) electrons. The number of carbonyl (C=O) groups is 1. The molecular formula is C25H26Cl2N2O6S. The molecule has 0 spiro atoms.